The number of alkyl carbamates (subject to hydrolysis) is 1. The lowest BCUT2D eigenvalue weighted by Gasteiger charge is -2.23. The molecular weight excluding hydrogens is 374 g/mol. The van der Waals surface area contributed by atoms with Crippen LogP contribution in [0.3, 0.4) is 0 Å². The molecule has 8 nitrogen and oxygen atoms in total. The highest BCUT2D eigenvalue weighted by Gasteiger charge is 2.23. The van der Waals surface area contributed by atoms with Gasteiger partial charge in [0.1, 0.15) is 5.60 Å². The van der Waals surface area contributed by atoms with E-state index in [1.54, 1.807) is 32.9 Å². The SMILES string of the molecule is COC(=O)CC[C@H](COS(=O)(=O)c1ccc(C)cc1)NC(=O)OC(C)(C)C. The predicted octanol–water partition coefficient (Wildman–Crippen LogP) is 2.55. The van der Waals surface area contributed by atoms with Crippen molar-refractivity contribution in [3.05, 3.63) is 29.8 Å². The molecule has 1 rings (SSSR count). The Kier molecular flexibility index (Phi) is 8.23. The van der Waals surface area contributed by atoms with Crippen LogP contribution >= 0.6 is 0 Å². The van der Waals surface area contributed by atoms with E-state index in [2.05, 4.69) is 10.1 Å². The molecule has 0 fully saturated rings. The van der Waals surface area contributed by atoms with Gasteiger partial charge in [-0.3, -0.25) is 8.98 Å². The summed E-state index contributed by atoms with van der Waals surface area (Å²) in [5.74, 6) is -0.479. The molecule has 0 radical (unpaired) electrons. The normalized spacial score (nSPS) is 12.9. The van der Waals surface area contributed by atoms with Crippen molar-refractivity contribution in [3.63, 3.8) is 0 Å². The number of carbonyl (C=O) groups is 2. The van der Waals surface area contributed by atoms with Crippen molar-refractivity contribution in [1.82, 2.24) is 5.32 Å². The Labute approximate surface area is 160 Å². The van der Waals surface area contributed by atoms with Crippen molar-refractivity contribution < 1.29 is 31.7 Å². The molecule has 0 spiro atoms. The smallest absolute Gasteiger partial charge is 0.407 e. The van der Waals surface area contributed by atoms with Gasteiger partial charge in [-0.2, -0.15) is 8.42 Å². The van der Waals surface area contributed by atoms with Gasteiger partial charge in [-0.25, -0.2) is 4.79 Å². The fourth-order valence-corrected chi connectivity index (χ4v) is 2.96. The maximum Gasteiger partial charge on any atom is 0.407 e. The molecule has 152 valence electrons. The quantitative estimate of drug-likeness (QED) is 0.527. The summed E-state index contributed by atoms with van der Waals surface area (Å²) in [5, 5.41) is 2.53. The third-order valence-corrected chi connectivity index (χ3v) is 4.68. The highest BCUT2D eigenvalue weighted by atomic mass is 32.2. The third-order valence-electron chi connectivity index (χ3n) is 3.38. The Morgan fingerprint density at radius 2 is 1.74 bits per heavy atom. The van der Waals surface area contributed by atoms with Crippen molar-refractivity contribution in [3.8, 4) is 0 Å². The van der Waals surface area contributed by atoms with Gasteiger partial charge >= 0.3 is 12.1 Å². The Bertz CT molecular complexity index is 736. The summed E-state index contributed by atoms with van der Waals surface area (Å²) in [6.07, 6.45) is -0.603. The summed E-state index contributed by atoms with van der Waals surface area (Å²) in [7, 11) is -2.75. The number of nitrogens with one attached hydrogen (secondary N) is 1. The van der Waals surface area contributed by atoms with Gasteiger partial charge in [0.25, 0.3) is 10.1 Å². The number of methoxy groups -OCH3 is 1. The zero-order valence-corrected chi connectivity index (χ0v) is 17.1. The fraction of sp³-hybridized carbons (Fsp3) is 0.556. The summed E-state index contributed by atoms with van der Waals surface area (Å²) >= 11 is 0. The Morgan fingerprint density at radius 1 is 1.15 bits per heavy atom. The van der Waals surface area contributed by atoms with Crippen LogP contribution in [0.5, 0.6) is 0 Å². The highest BCUT2D eigenvalue weighted by molar-refractivity contribution is 7.86. The third kappa shape index (κ3) is 8.87. The molecule has 27 heavy (non-hydrogen) atoms. The van der Waals surface area contributed by atoms with Crippen LogP contribution in [-0.2, 0) is 28.6 Å². The first-order valence-electron chi connectivity index (χ1n) is 8.45. The predicted molar refractivity (Wildman–Crippen MR) is 98.7 cm³/mol. The van der Waals surface area contributed by atoms with Crippen LogP contribution in [0, 0.1) is 6.92 Å². The van der Waals surface area contributed by atoms with E-state index >= 15 is 0 Å². The molecule has 0 aliphatic rings. The van der Waals surface area contributed by atoms with Gasteiger partial charge in [-0.15, -0.1) is 0 Å². The van der Waals surface area contributed by atoms with E-state index in [-0.39, 0.29) is 24.3 Å². The van der Waals surface area contributed by atoms with Gasteiger partial charge in [0.15, 0.2) is 0 Å². The molecule has 0 heterocycles. The van der Waals surface area contributed by atoms with Gasteiger partial charge in [0, 0.05) is 6.42 Å². The van der Waals surface area contributed by atoms with Crippen LogP contribution in [-0.4, -0.2) is 45.8 Å². The largest absolute Gasteiger partial charge is 0.469 e. The Morgan fingerprint density at radius 3 is 2.26 bits per heavy atom. The van der Waals surface area contributed by atoms with E-state index in [9.17, 15) is 18.0 Å². The number of esters is 1. The number of amides is 1. The number of carbonyl (C=O) groups excluding carboxylic acids is 2. The number of aryl methyl sites for hydroxylation is 1. The number of rotatable bonds is 8. The van der Waals surface area contributed by atoms with Gasteiger partial charge in [0.2, 0.25) is 0 Å². The van der Waals surface area contributed by atoms with Crippen molar-refractivity contribution >= 4 is 22.2 Å². The molecule has 1 N–H and O–H groups in total. The van der Waals surface area contributed by atoms with E-state index in [0.717, 1.165) is 5.56 Å². The van der Waals surface area contributed by atoms with Gasteiger partial charge in [0.05, 0.1) is 24.7 Å². The molecule has 0 aliphatic carbocycles. The molecular formula is C18H27NO7S. The standard InChI is InChI=1S/C18H27NO7S/c1-13-6-9-15(10-7-13)27(22,23)25-12-14(8-11-16(20)24-5)19-17(21)26-18(2,3)4/h6-7,9-10,14H,8,11-12H2,1-5H3,(H,19,21)/t14-/m1/s1. The second-order valence-electron chi connectivity index (χ2n) is 7.01. The summed E-state index contributed by atoms with van der Waals surface area (Å²) in [6.45, 7) is 6.61. The average Bonchev–Trinajstić information content (AvgIpc) is 2.55. The lowest BCUT2D eigenvalue weighted by atomic mass is 10.1. The minimum absolute atomic E-state index is 0.00902. The van der Waals surface area contributed by atoms with Crippen molar-refractivity contribution in [1.29, 1.82) is 0 Å². The monoisotopic (exact) mass is 401 g/mol. The minimum atomic E-state index is -4.00. The van der Waals surface area contributed by atoms with E-state index in [1.807, 2.05) is 6.92 Å². The molecule has 0 aromatic heterocycles. The number of hydrogen-bond acceptors (Lipinski definition) is 7. The second-order valence-corrected chi connectivity index (χ2v) is 8.63. The lowest BCUT2D eigenvalue weighted by Crippen LogP contribution is -2.42. The molecule has 1 atom stereocenters. The summed E-state index contributed by atoms with van der Waals surface area (Å²) < 4.78 is 39.4. The first kappa shape index (κ1) is 22.9. The lowest BCUT2D eigenvalue weighted by molar-refractivity contribution is -0.140. The highest BCUT2D eigenvalue weighted by Crippen LogP contribution is 2.15. The van der Waals surface area contributed by atoms with Crippen molar-refractivity contribution in [2.24, 2.45) is 0 Å². The molecule has 0 unspecified atom stereocenters. The van der Waals surface area contributed by atoms with Crippen LogP contribution in [0.2, 0.25) is 0 Å². The first-order chi connectivity index (χ1) is 12.4. The topological polar surface area (TPSA) is 108 Å². The Balaban J connectivity index is 2.78. The molecule has 0 aliphatic heterocycles. The molecule has 0 saturated carbocycles. The molecule has 0 saturated heterocycles. The van der Waals surface area contributed by atoms with Crippen LogP contribution in [0.4, 0.5) is 4.79 Å². The van der Waals surface area contributed by atoms with Crippen molar-refractivity contribution in [2.45, 2.75) is 57.1 Å². The van der Waals surface area contributed by atoms with Gasteiger partial charge < -0.3 is 14.8 Å². The number of benzene rings is 1. The average molecular weight is 401 g/mol. The van der Waals surface area contributed by atoms with E-state index < -0.39 is 33.8 Å². The zero-order chi connectivity index (χ0) is 20.7. The maximum atomic E-state index is 12.3. The van der Waals surface area contributed by atoms with E-state index in [0.29, 0.717) is 0 Å². The zero-order valence-electron chi connectivity index (χ0n) is 16.3. The molecule has 0 bridgehead atoms. The molecule has 1 amide bonds. The summed E-state index contributed by atoms with van der Waals surface area (Å²) in [6, 6.07) is 5.44. The second kappa shape index (κ2) is 9.70. The van der Waals surface area contributed by atoms with Gasteiger partial charge in [-0.05, 0) is 46.2 Å². The van der Waals surface area contributed by atoms with E-state index in [4.69, 9.17) is 8.92 Å². The van der Waals surface area contributed by atoms with Crippen LogP contribution in [0.15, 0.2) is 29.2 Å². The summed E-state index contributed by atoms with van der Waals surface area (Å²) in [5.41, 5.74) is 0.197. The van der Waals surface area contributed by atoms with Crippen molar-refractivity contribution in [2.75, 3.05) is 13.7 Å². The fourth-order valence-electron chi connectivity index (χ4n) is 2.01. The molecule has 1 aromatic carbocycles. The number of ether oxygens (including phenoxy) is 2. The molecule has 9 heteroatoms. The van der Waals surface area contributed by atoms with Crippen LogP contribution < -0.4 is 5.32 Å². The maximum absolute atomic E-state index is 12.3. The van der Waals surface area contributed by atoms with Crippen LogP contribution in [0.1, 0.15) is 39.2 Å². The van der Waals surface area contributed by atoms with Gasteiger partial charge in [-0.1, -0.05) is 17.7 Å². The first-order valence-corrected chi connectivity index (χ1v) is 9.86. The minimum Gasteiger partial charge on any atom is -0.469 e. The van der Waals surface area contributed by atoms with E-state index in [1.165, 1.54) is 19.2 Å². The summed E-state index contributed by atoms with van der Waals surface area (Å²) in [4.78, 5) is 23.3. The number of hydrogen-bond donors (Lipinski definition) is 1. The molecule has 1 aromatic rings. The Hall–Kier alpha value is -2.13. The van der Waals surface area contributed by atoms with Crippen LogP contribution in [0.25, 0.3) is 0 Å².